The Hall–Kier alpha value is -2.60. The molecule has 6 nitrogen and oxygen atoms in total. The number of hydrogen-bond acceptors (Lipinski definition) is 4. The summed E-state index contributed by atoms with van der Waals surface area (Å²) in [5.41, 5.74) is 1.68. The van der Waals surface area contributed by atoms with Crippen LogP contribution < -0.4 is 5.32 Å². The molecule has 146 valence electrons. The highest BCUT2D eigenvalue weighted by molar-refractivity contribution is 5.97. The van der Waals surface area contributed by atoms with Crippen LogP contribution in [0.1, 0.15) is 29.3 Å². The molecule has 1 heterocycles. The van der Waals surface area contributed by atoms with Gasteiger partial charge in [-0.05, 0) is 45.5 Å². The van der Waals surface area contributed by atoms with E-state index in [2.05, 4.69) is 17.4 Å². The van der Waals surface area contributed by atoms with E-state index in [0.29, 0.717) is 18.7 Å². The molecule has 0 spiro atoms. The van der Waals surface area contributed by atoms with Gasteiger partial charge in [-0.3, -0.25) is 9.59 Å². The number of benzene rings is 1. The number of amides is 2. The number of rotatable bonds is 10. The average Bonchev–Trinajstić information content (AvgIpc) is 3.19. The van der Waals surface area contributed by atoms with Crippen LogP contribution in [0.3, 0.4) is 0 Å². The van der Waals surface area contributed by atoms with Crippen molar-refractivity contribution < 1.29 is 14.0 Å². The number of aryl methyl sites for hydroxylation is 1. The molecule has 2 amide bonds. The van der Waals surface area contributed by atoms with Crippen molar-refractivity contribution >= 4 is 11.8 Å². The molecule has 0 saturated carbocycles. The molecule has 0 aliphatic heterocycles. The number of carbonyl (C=O) groups excluding carboxylic acids is 2. The Kier molecular flexibility index (Phi) is 8.07. The van der Waals surface area contributed by atoms with Crippen LogP contribution in [0.2, 0.25) is 0 Å². The molecule has 0 aliphatic carbocycles. The lowest BCUT2D eigenvalue weighted by atomic mass is 10.1. The van der Waals surface area contributed by atoms with Gasteiger partial charge in [0.05, 0.1) is 11.8 Å². The van der Waals surface area contributed by atoms with Gasteiger partial charge in [-0.2, -0.15) is 0 Å². The molecule has 1 N–H and O–H groups in total. The van der Waals surface area contributed by atoms with Gasteiger partial charge < -0.3 is 19.5 Å². The molecule has 0 fully saturated rings. The van der Waals surface area contributed by atoms with Crippen LogP contribution in [-0.2, 0) is 11.2 Å². The molecule has 1 atom stereocenters. The zero-order chi connectivity index (χ0) is 19.6. The summed E-state index contributed by atoms with van der Waals surface area (Å²) in [6.07, 6.45) is 4.61. The van der Waals surface area contributed by atoms with Gasteiger partial charge in [0.15, 0.2) is 0 Å². The van der Waals surface area contributed by atoms with E-state index in [4.69, 9.17) is 4.42 Å². The SMILES string of the molecule is C[C@@H](NC(=O)c1ccoc1)C(=O)N(CCCc1ccccc1)CCN(C)C. The Morgan fingerprint density at radius 1 is 1.07 bits per heavy atom. The summed E-state index contributed by atoms with van der Waals surface area (Å²) >= 11 is 0. The molecule has 27 heavy (non-hydrogen) atoms. The second-order valence-electron chi connectivity index (χ2n) is 6.92. The Bertz CT molecular complexity index is 699. The molecular formula is C21H29N3O3. The highest BCUT2D eigenvalue weighted by Crippen LogP contribution is 2.06. The third kappa shape index (κ3) is 6.90. The first-order chi connectivity index (χ1) is 13.0. The van der Waals surface area contributed by atoms with Crippen molar-refractivity contribution in [2.75, 3.05) is 33.7 Å². The van der Waals surface area contributed by atoms with Gasteiger partial charge in [0, 0.05) is 19.6 Å². The van der Waals surface area contributed by atoms with Gasteiger partial charge in [0.25, 0.3) is 5.91 Å². The summed E-state index contributed by atoms with van der Waals surface area (Å²) in [6, 6.07) is 11.2. The van der Waals surface area contributed by atoms with E-state index in [1.807, 2.05) is 42.1 Å². The standard InChI is InChI=1S/C21H29N3O3/c1-17(22-20(25)19-11-15-27-16-19)21(26)24(14-13-23(2)3)12-7-10-18-8-5-4-6-9-18/h4-6,8-9,11,15-17H,7,10,12-14H2,1-3H3,(H,22,25)/t17-/m1/s1. The van der Waals surface area contributed by atoms with E-state index < -0.39 is 6.04 Å². The first kappa shape index (κ1) is 20.7. The molecule has 2 aromatic rings. The molecule has 1 aromatic carbocycles. The summed E-state index contributed by atoms with van der Waals surface area (Å²) in [5.74, 6) is -0.372. The maximum Gasteiger partial charge on any atom is 0.255 e. The summed E-state index contributed by atoms with van der Waals surface area (Å²) in [7, 11) is 3.97. The minimum atomic E-state index is -0.591. The average molecular weight is 371 g/mol. The topological polar surface area (TPSA) is 65.8 Å². The summed E-state index contributed by atoms with van der Waals surface area (Å²) in [5, 5.41) is 2.75. The minimum absolute atomic E-state index is 0.0678. The molecule has 0 aliphatic rings. The highest BCUT2D eigenvalue weighted by atomic mass is 16.3. The molecule has 1 aromatic heterocycles. The summed E-state index contributed by atoms with van der Waals surface area (Å²) in [6.45, 7) is 3.79. The zero-order valence-corrected chi connectivity index (χ0v) is 16.4. The Morgan fingerprint density at radius 3 is 2.44 bits per heavy atom. The zero-order valence-electron chi connectivity index (χ0n) is 16.4. The molecular weight excluding hydrogens is 342 g/mol. The molecule has 0 radical (unpaired) electrons. The molecule has 0 unspecified atom stereocenters. The van der Waals surface area contributed by atoms with Crippen LogP contribution in [0.5, 0.6) is 0 Å². The summed E-state index contributed by atoms with van der Waals surface area (Å²) in [4.78, 5) is 28.9. The van der Waals surface area contributed by atoms with Gasteiger partial charge >= 0.3 is 0 Å². The molecule has 0 saturated heterocycles. The van der Waals surface area contributed by atoms with Crippen molar-refractivity contribution in [3.05, 3.63) is 60.1 Å². The fourth-order valence-electron chi connectivity index (χ4n) is 2.78. The van der Waals surface area contributed by atoms with Crippen LogP contribution >= 0.6 is 0 Å². The first-order valence-corrected chi connectivity index (χ1v) is 9.28. The van der Waals surface area contributed by atoms with Gasteiger partial charge in [-0.15, -0.1) is 0 Å². The van der Waals surface area contributed by atoms with E-state index in [1.165, 1.54) is 18.1 Å². The van der Waals surface area contributed by atoms with Crippen molar-refractivity contribution in [3.8, 4) is 0 Å². The fraction of sp³-hybridized carbons (Fsp3) is 0.429. The highest BCUT2D eigenvalue weighted by Gasteiger charge is 2.22. The van der Waals surface area contributed by atoms with Crippen LogP contribution in [0, 0.1) is 0 Å². The number of nitrogens with one attached hydrogen (secondary N) is 1. The van der Waals surface area contributed by atoms with Gasteiger partial charge in [-0.1, -0.05) is 30.3 Å². The Morgan fingerprint density at radius 2 is 1.81 bits per heavy atom. The number of carbonyl (C=O) groups is 2. The van der Waals surface area contributed by atoms with Crippen molar-refractivity contribution in [2.24, 2.45) is 0 Å². The smallest absolute Gasteiger partial charge is 0.255 e. The van der Waals surface area contributed by atoms with Crippen molar-refractivity contribution in [1.29, 1.82) is 0 Å². The van der Waals surface area contributed by atoms with Crippen molar-refractivity contribution in [1.82, 2.24) is 15.1 Å². The van der Waals surface area contributed by atoms with Crippen molar-refractivity contribution in [3.63, 3.8) is 0 Å². The predicted molar refractivity (Wildman–Crippen MR) is 106 cm³/mol. The van der Waals surface area contributed by atoms with E-state index in [-0.39, 0.29) is 11.8 Å². The second kappa shape index (κ2) is 10.5. The van der Waals surface area contributed by atoms with E-state index >= 15 is 0 Å². The molecule has 2 rings (SSSR count). The minimum Gasteiger partial charge on any atom is -0.472 e. The lowest BCUT2D eigenvalue weighted by Crippen LogP contribution is -2.48. The Balaban J connectivity index is 1.91. The second-order valence-corrected chi connectivity index (χ2v) is 6.92. The maximum absolute atomic E-state index is 12.9. The van der Waals surface area contributed by atoms with Crippen molar-refractivity contribution in [2.45, 2.75) is 25.8 Å². The third-order valence-electron chi connectivity index (χ3n) is 4.37. The first-order valence-electron chi connectivity index (χ1n) is 9.28. The van der Waals surface area contributed by atoms with Crippen LogP contribution in [0.25, 0.3) is 0 Å². The number of likely N-dealkylation sites (N-methyl/N-ethyl adjacent to an activating group) is 1. The Labute approximate surface area is 161 Å². The van der Waals surface area contributed by atoms with E-state index in [9.17, 15) is 9.59 Å². The lowest BCUT2D eigenvalue weighted by molar-refractivity contribution is -0.133. The number of furan rings is 1. The number of hydrogen-bond donors (Lipinski definition) is 1. The third-order valence-corrected chi connectivity index (χ3v) is 4.37. The lowest BCUT2D eigenvalue weighted by Gasteiger charge is -2.27. The largest absolute Gasteiger partial charge is 0.472 e. The fourth-order valence-corrected chi connectivity index (χ4v) is 2.78. The van der Waals surface area contributed by atoms with Gasteiger partial charge in [0.2, 0.25) is 5.91 Å². The van der Waals surface area contributed by atoms with Crippen LogP contribution in [-0.4, -0.2) is 61.4 Å². The molecule has 0 bridgehead atoms. The van der Waals surface area contributed by atoms with Crippen LogP contribution in [0.15, 0.2) is 53.3 Å². The van der Waals surface area contributed by atoms with E-state index in [1.54, 1.807) is 13.0 Å². The molecule has 6 heteroatoms. The van der Waals surface area contributed by atoms with Crippen LogP contribution in [0.4, 0.5) is 0 Å². The normalized spacial score (nSPS) is 12.0. The van der Waals surface area contributed by atoms with E-state index in [0.717, 1.165) is 19.4 Å². The van der Waals surface area contributed by atoms with Gasteiger partial charge in [-0.25, -0.2) is 0 Å². The quantitative estimate of drug-likeness (QED) is 0.697. The predicted octanol–water partition coefficient (Wildman–Crippen LogP) is 2.42. The number of nitrogens with zero attached hydrogens (tertiary/aromatic N) is 2. The summed E-state index contributed by atoms with van der Waals surface area (Å²) < 4.78 is 4.92. The van der Waals surface area contributed by atoms with Gasteiger partial charge in [0.1, 0.15) is 12.3 Å². The maximum atomic E-state index is 12.9. The monoisotopic (exact) mass is 371 g/mol.